The van der Waals surface area contributed by atoms with Crippen molar-refractivity contribution in [3.05, 3.63) is 37.2 Å². The molecule has 0 bridgehead atoms. The van der Waals surface area contributed by atoms with Crippen LogP contribution >= 0.6 is 0 Å². The maximum Gasteiger partial charge on any atom is 0.226 e. The molecule has 1 nitrogen and oxygen atoms in total. The smallest absolute Gasteiger partial charge is 0.226 e. The van der Waals surface area contributed by atoms with Crippen LogP contribution in [-0.2, 0) is 0 Å². The van der Waals surface area contributed by atoms with E-state index in [1.165, 1.54) is 12.1 Å². The molecule has 1 rings (SSSR count). The highest BCUT2D eigenvalue weighted by Gasteiger charge is 1.90. The van der Waals surface area contributed by atoms with Crippen molar-refractivity contribution in [1.82, 2.24) is 0 Å². The van der Waals surface area contributed by atoms with Gasteiger partial charge in [-0.15, -0.1) is 0 Å². The van der Waals surface area contributed by atoms with Crippen molar-refractivity contribution in [2.75, 3.05) is 0 Å². The van der Waals surface area contributed by atoms with Crippen molar-refractivity contribution in [3.63, 3.8) is 0 Å². The van der Waals surface area contributed by atoms with Crippen molar-refractivity contribution in [2.45, 2.75) is 0 Å². The summed E-state index contributed by atoms with van der Waals surface area (Å²) in [5.74, 6) is 0.443. The van der Waals surface area contributed by atoms with Crippen LogP contribution in [0.15, 0.2) is 24.3 Å². The molecule has 0 saturated heterocycles. The summed E-state index contributed by atoms with van der Waals surface area (Å²) in [7, 11) is 3.29. The van der Waals surface area contributed by atoms with Crippen LogP contribution in [0.1, 0.15) is 0 Å². The molecule has 0 aliphatic heterocycles. The molecule has 0 spiro atoms. The minimum Gasteiger partial charge on any atom is -0.722 e. The minimum atomic E-state index is -0.248. The van der Waals surface area contributed by atoms with E-state index in [2.05, 4.69) is 11.8 Å². The summed E-state index contributed by atoms with van der Waals surface area (Å²) in [4.78, 5) is 0. The average Bonchev–Trinajstić information content (AvgIpc) is 1.90. The first-order chi connectivity index (χ1) is 4.33. The Hall–Kier alpha value is -1.05. The van der Waals surface area contributed by atoms with E-state index in [1.807, 2.05) is 0 Å². The third kappa shape index (κ3) is 1.42. The average molecular weight is 126 g/mol. The van der Waals surface area contributed by atoms with E-state index in [-0.39, 0.29) is 5.82 Å². The molecule has 9 heavy (non-hydrogen) atoms. The molecule has 0 aromatic heterocycles. The van der Waals surface area contributed by atoms with E-state index in [0.717, 1.165) is 0 Å². The lowest BCUT2D eigenvalue weighted by Crippen LogP contribution is -1.74. The van der Waals surface area contributed by atoms with Crippen LogP contribution in [0.4, 0.5) is 4.39 Å². The van der Waals surface area contributed by atoms with E-state index in [9.17, 15) is 4.39 Å². The Balaban J connectivity index is 2.88. The second-order valence-electron chi connectivity index (χ2n) is 1.63. The third-order valence-corrected chi connectivity index (χ3v) is 1.01. The number of hydrogen-bond donors (Lipinski definition) is 0. The second kappa shape index (κ2) is 2.49. The van der Waals surface area contributed by atoms with Gasteiger partial charge in [0.2, 0.25) is 5.75 Å². The van der Waals surface area contributed by atoms with Crippen molar-refractivity contribution >= 4 is 0 Å². The fourth-order valence-electron chi connectivity index (χ4n) is 0.547. The maximum atomic E-state index is 12.2. The second-order valence-corrected chi connectivity index (χ2v) is 1.63. The Morgan fingerprint density at radius 2 is 1.78 bits per heavy atom. The number of ether oxygens (including phenoxy) is 1. The van der Waals surface area contributed by atoms with Crippen LogP contribution < -0.4 is 0 Å². The summed E-state index contributed by atoms with van der Waals surface area (Å²) in [6, 6.07) is 5.85. The lowest BCUT2D eigenvalue weighted by Gasteiger charge is -2.00. The van der Waals surface area contributed by atoms with Crippen molar-refractivity contribution < 1.29 is 9.13 Å². The molecule has 1 aromatic rings. The summed E-state index contributed by atoms with van der Waals surface area (Å²) in [6.45, 7) is 0. The van der Waals surface area contributed by atoms with Crippen molar-refractivity contribution in [1.29, 1.82) is 0 Å². The molecule has 0 atom stereocenters. The normalized spacial score (nSPS) is 9.11. The molecular weight excluding hydrogens is 119 g/mol. The van der Waals surface area contributed by atoms with Gasteiger partial charge in [0, 0.05) is 12.1 Å². The van der Waals surface area contributed by atoms with E-state index in [1.54, 1.807) is 12.1 Å². The monoisotopic (exact) mass is 126 g/mol. The lowest BCUT2D eigenvalue weighted by molar-refractivity contribution is 0.185. The highest BCUT2D eigenvalue weighted by atomic mass is 19.1. The Morgan fingerprint density at radius 1 is 1.22 bits per heavy atom. The molecule has 1 N–H and O–H groups in total. The van der Waals surface area contributed by atoms with Crippen LogP contribution in [-0.4, -0.2) is 4.74 Å². The summed E-state index contributed by atoms with van der Waals surface area (Å²) in [5.41, 5.74) is 0. The SMILES string of the molecule is [CH2-][OH+]c1ccc(F)cc1. The van der Waals surface area contributed by atoms with E-state index in [4.69, 9.17) is 0 Å². The Morgan fingerprint density at radius 3 is 2.22 bits per heavy atom. The minimum absolute atomic E-state index is 0.248. The van der Waals surface area contributed by atoms with Crippen LogP contribution in [0.25, 0.3) is 0 Å². The molecule has 0 heterocycles. The molecule has 0 aliphatic carbocycles. The molecule has 0 saturated carbocycles. The molecule has 0 aliphatic rings. The Bertz CT molecular complexity index is 181. The van der Waals surface area contributed by atoms with Gasteiger partial charge in [-0.1, -0.05) is 0 Å². The number of benzene rings is 1. The highest BCUT2D eigenvalue weighted by molar-refractivity contribution is 5.20. The van der Waals surface area contributed by atoms with Gasteiger partial charge in [0.1, 0.15) is 5.82 Å². The molecule has 1 aromatic carbocycles. The quantitative estimate of drug-likeness (QED) is 0.402. The van der Waals surface area contributed by atoms with Gasteiger partial charge in [-0.2, -0.15) is 0 Å². The van der Waals surface area contributed by atoms with Gasteiger partial charge in [-0.3, -0.25) is 0 Å². The number of hydrogen-bond acceptors (Lipinski definition) is 0. The molecule has 0 unspecified atom stereocenters. The topological polar surface area (TPSA) is 12.8 Å². The van der Waals surface area contributed by atoms with Gasteiger partial charge in [-0.05, 0) is 19.2 Å². The summed E-state index contributed by atoms with van der Waals surface area (Å²) >= 11 is 0. The predicted molar refractivity (Wildman–Crippen MR) is 33.4 cm³/mol. The number of halogens is 1. The van der Waals surface area contributed by atoms with Gasteiger partial charge in [0.05, 0.1) is 0 Å². The van der Waals surface area contributed by atoms with E-state index >= 15 is 0 Å². The standard InChI is InChI=1S/C7H7FO/c1-9-7-4-2-6(8)3-5-7/h2-5,9H,1H2. The van der Waals surface area contributed by atoms with Gasteiger partial charge in [0.15, 0.2) is 0 Å². The predicted octanol–water partition coefficient (Wildman–Crippen LogP) is 1.86. The van der Waals surface area contributed by atoms with Crippen molar-refractivity contribution in [2.24, 2.45) is 0 Å². The lowest BCUT2D eigenvalue weighted by atomic mass is 10.3. The Kier molecular flexibility index (Phi) is 1.68. The number of aromatic hydroxyl groups is 1. The molecular formula is C7H7FO. The number of aliphatic hydroxyl groups is 1. The third-order valence-electron chi connectivity index (χ3n) is 1.01. The van der Waals surface area contributed by atoms with Crippen LogP contribution in [0.2, 0.25) is 0 Å². The maximum absolute atomic E-state index is 12.2. The molecule has 0 fully saturated rings. The fourth-order valence-corrected chi connectivity index (χ4v) is 0.547. The van der Waals surface area contributed by atoms with E-state index < -0.39 is 0 Å². The zero-order valence-corrected chi connectivity index (χ0v) is 4.84. The summed E-state index contributed by atoms with van der Waals surface area (Å²) < 4.78 is 15.8. The van der Waals surface area contributed by atoms with Gasteiger partial charge >= 0.3 is 0 Å². The number of rotatable bonds is 1. The zero-order chi connectivity index (χ0) is 6.69. The molecule has 48 valence electrons. The molecule has 2 heteroatoms. The first kappa shape index (κ1) is 6.08. The van der Waals surface area contributed by atoms with Crippen molar-refractivity contribution in [3.8, 4) is 5.75 Å². The largest absolute Gasteiger partial charge is 0.722 e. The van der Waals surface area contributed by atoms with Crippen LogP contribution in [0.5, 0.6) is 5.75 Å². The fraction of sp³-hybridized carbons (Fsp3) is 0. The Labute approximate surface area is 53.1 Å². The first-order valence-electron chi connectivity index (χ1n) is 2.55. The van der Waals surface area contributed by atoms with Gasteiger partial charge in [-0.25, -0.2) is 4.39 Å². The molecule has 0 amide bonds. The summed E-state index contributed by atoms with van der Waals surface area (Å²) in [6.07, 6.45) is 0. The summed E-state index contributed by atoms with van der Waals surface area (Å²) in [5, 5.41) is 0. The first-order valence-corrected chi connectivity index (χ1v) is 2.55. The van der Waals surface area contributed by atoms with E-state index in [0.29, 0.717) is 5.75 Å². The highest BCUT2D eigenvalue weighted by Crippen LogP contribution is 2.10. The van der Waals surface area contributed by atoms with Crippen LogP contribution in [0, 0.1) is 12.9 Å². The van der Waals surface area contributed by atoms with Gasteiger partial charge in [0.25, 0.3) is 0 Å². The van der Waals surface area contributed by atoms with Gasteiger partial charge < -0.3 is 4.74 Å². The van der Waals surface area contributed by atoms with Crippen LogP contribution in [0.3, 0.4) is 0 Å². The molecule has 0 radical (unpaired) electrons. The zero-order valence-electron chi connectivity index (χ0n) is 4.84.